The molecule has 0 spiro atoms. The maximum Gasteiger partial charge on any atom is 0.264 e. The van der Waals surface area contributed by atoms with Gasteiger partial charge in [0.25, 0.3) is 10.0 Å². The largest absolute Gasteiger partial charge is 0.264 e. The number of hydrogen-bond acceptors (Lipinski definition) is 2. The van der Waals surface area contributed by atoms with E-state index in [2.05, 4.69) is 6.58 Å². The Morgan fingerprint density at radius 2 is 1.71 bits per heavy atom. The number of benzene rings is 2. The standard InChI is InChI=1S/C15H13Cl2NO2S/c1-2-10-18(12-8-9-14(16)15(17)11-12)21(19,20)13-6-4-3-5-7-13/h2-9,11H,1,10H2. The van der Waals surface area contributed by atoms with Crippen molar-refractivity contribution in [3.63, 3.8) is 0 Å². The van der Waals surface area contributed by atoms with Crippen LogP contribution < -0.4 is 4.31 Å². The molecule has 0 radical (unpaired) electrons. The van der Waals surface area contributed by atoms with E-state index in [9.17, 15) is 8.42 Å². The van der Waals surface area contributed by atoms with Gasteiger partial charge in [0, 0.05) is 0 Å². The van der Waals surface area contributed by atoms with Crippen molar-refractivity contribution in [1.29, 1.82) is 0 Å². The minimum atomic E-state index is -3.69. The van der Waals surface area contributed by atoms with Gasteiger partial charge in [0.2, 0.25) is 0 Å². The van der Waals surface area contributed by atoms with Crippen LogP contribution in [0.3, 0.4) is 0 Å². The zero-order valence-corrected chi connectivity index (χ0v) is 13.4. The lowest BCUT2D eigenvalue weighted by Gasteiger charge is -2.23. The Balaban J connectivity index is 2.53. The highest BCUT2D eigenvalue weighted by atomic mass is 35.5. The third kappa shape index (κ3) is 3.40. The van der Waals surface area contributed by atoms with Gasteiger partial charge in [0.05, 0.1) is 27.2 Å². The maximum absolute atomic E-state index is 12.7. The molecule has 0 heterocycles. The van der Waals surface area contributed by atoms with E-state index >= 15 is 0 Å². The van der Waals surface area contributed by atoms with Crippen LogP contribution in [0.2, 0.25) is 10.0 Å². The molecule has 2 aromatic carbocycles. The normalized spacial score (nSPS) is 11.1. The van der Waals surface area contributed by atoms with Crippen molar-refractivity contribution in [1.82, 2.24) is 0 Å². The van der Waals surface area contributed by atoms with Gasteiger partial charge in [-0.3, -0.25) is 4.31 Å². The topological polar surface area (TPSA) is 37.4 Å². The van der Waals surface area contributed by atoms with E-state index in [4.69, 9.17) is 23.2 Å². The Hall–Kier alpha value is -1.49. The third-order valence-electron chi connectivity index (χ3n) is 2.82. The summed E-state index contributed by atoms with van der Waals surface area (Å²) < 4.78 is 26.7. The molecule has 0 aliphatic carbocycles. The van der Waals surface area contributed by atoms with Crippen molar-refractivity contribution in [2.24, 2.45) is 0 Å². The van der Waals surface area contributed by atoms with Crippen LogP contribution in [-0.4, -0.2) is 15.0 Å². The van der Waals surface area contributed by atoms with Crippen LogP contribution in [-0.2, 0) is 10.0 Å². The first-order valence-electron chi connectivity index (χ1n) is 6.10. The van der Waals surface area contributed by atoms with E-state index < -0.39 is 10.0 Å². The van der Waals surface area contributed by atoms with E-state index in [1.807, 2.05) is 0 Å². The summed E-state index contributed by atoms with van der Waals surface area (Å²) in [5.74, 6) is 0. The van der Waals surface area contributed by atoms with Crippen molar-refractivity contribution in [3.05, 3.63) is 71.2 Å². The van der Waals surface area contributed by atoms with E-state index in [-0.39, 0.29) is 11.4 Å². The minimum Gasteiger partial charge on any atom is -0.262 e. The van der Waals surface area contributed by atoms with Crippen molar-refractivity contribution in [2.45, 2.75) is 4.90 Å². The van der Waals surface area contributed by atoms with Gasteiger partial charge in [-0.05, 0) is 30.3 Å². The summed E-state index contributed by atoms with van der Waals surface area (Å²) in [6.07, 6.45) is 1.52. The molecule has 0 saturated heterocycles. The van der Waals surface area contributed by atoms with E-state index in [0.29, 0.717) is 15.7 Å². The molecule has 0 atom stereocenters. The molecule has 0 bridgehead atoms. The number of sulfonamides is 1. The average molecular weight is 342 g/mol. The summed E-state index contributed by atoms with van der Waals surface area (Å²) >= 11 is 11.8. The summed E-state index contributed by atoms with van der Waals surface area (Å²) in [5, 5.41) is 0.669. The zero-order valence-electron chi connectivity index (χ0n) is 11.0. The summed E-state index contributed by atoms with van der Waals surface area (Å²) in [5.41, 5.74) is 0.438. The second kappa shape index (κ2) is 6.52. The summed E-state index contributed by atoms with van der Waals surface area (Å²) in [4.78, 5) is 0.206. The Kier molecular flexibility index (Phi) is 4.93. The lowest BCUT2D eigenvalue weighted by atomic mass is 10.3. The summed E-state index contributed by atoms with van der Waals surface area (Å²) in [6, 6.07) is 12.9. The van der Waals surface area contributed by atoms with Gasteiger partial charge in [-0.25, -0.2) is 8.42 Å². The zero-order chi connectivity index (χ0) is 15.5. The molecule has 2 aromatic rings. The molecule has 6 heteroatoms. The predicted molar refractivity (Wildman–Crippen MR) is 87.6 cm³/mol. The first kappa shape index (κ1) is 15.9. The molecule has 0 N–H and O–H groups in total. The smallest absolute Gasteiger partial charge is 0.262 e. The average Bonchev–Trinajstić information content (AvgIpc) is 2.48. The molecule has 0 saturated carbocycles. The molecule has 0 amide bonds. The number of halogens is 2. The van der Waals surface area contributed by atoms with Crippen molar-refractivity contribution in [2.75, 3.05) is 10.8 Å². The molecular weight excluding hydrogens is 329 g/mol. The van der Waals surface area contributed by atoms with Gasteiger partial charge in [-0.1, -0.05) is 47.5 Å². The quantitative estimate of drug-likeness (QED) is 0.757. The molecule has 0 unspecified atom stereocenters. The van der Waals surface area contributed by atoms with Crippen LogP contribution in [0, 0.1) is 0 Å². The summed E-state index contributed by atoms with van der Waals surface area (Å²) in [6.45, 7) is 3.74. The third-order valence-corrected chi connectivity index (χ3v) is 5.36. The Morgan fingerprint density at radius 1 is 1.05 bits per heavy atom. The Morgan fingerprint density at radius 3 is 2.29 bits per heavy atom. The Bertz CT molecular complexity index is 746. The van der Waals surface area contributed by atoms with Crippen LogP contribution in [0.25, 0.3) is 0 Å². The van der Waals surface area contributed by atoms with Gasteiger partial charge in [0.15, 0.2) is 0 Å². The van der Waals surface area contributed by atoms with Crippen LogP contribution in [0.15, 0.2) is 66.1 Å². The first-order chi connectivity index (χ1) is 9.96. The van der Waals surface area contributed by atoms with Gasteiger partial charge in [-0.15, -0.1) is 6.58 Å². The van der Waals surface area contributed by atoms with E-state index in [1.54, 1.807) is 42.5 Å². The van der Waals surface area contributed by atoms with Gasteiger partial charge < -0.3 is 0 Å². The van der Waals surface area contributed by atoms with Gasteiger partial charge in [-0.2, -0.15) is 0 Å². The van der Waals surface area contributed by atoms with Gasteiger partial charge >= 0.3 is 0 Å². The highest BCUT2D eigenvalue weighted by Crippen LogP contribution is 2.30. The van der Waals surface area contributed by atoms with Crippen molar-refractivity contribution >= 4 is 38.9 Å². The molecular formula is C15H13Cl2NO2S. The second-order valence-electron chi connectivity index (χ2n) is 4.24. The van der Waals surface area contributed by atoms with Crippen molar-refractivity contribution in [3.8, 4) is 0 Å². The fourth-order valence-electron chi connectivity index (χ4n) is 1.82. The Labute approximate surface area is 134 Å². The predicted octanol–water partition coefficient (Wildman–Crippen LogP) is 4.37. The molecule has 0 aromatic heterocycles. The van der Waals surface area contributed by atoms with Crippen LogP contribution in [0.4, 0.5) is 5.69 Å². The number of hydrogen-bond donors (Lipinski definition) is 0. The molecule has 0 fully saturated rings. The number of anilines is 1. The lowest BCUT2D eigenvalue weighted by Crippen LogP contribution is -2.31. The SMILES string of the molecule is C=CCN(c1ccc(Cl)c(Cl)c1)S(=O)(=O)c1ccccc1. The van der Waals surface area contributed by atoms with Crippen LogP contribution in [0.5, 0.6) is 0 Å². The first-order valence-corrected chi connectivity index (χ1v) is 8.30. The second-order valence-corrected chi connectivity index (χ2v) is 6.91. The summed E-state index contributed by atoms with van der Waals surface area (Å²) in [7, 11) is -3.69. The molecule has 21 heavy (non-hydrogen) atoms. The molecule has 2 rings (SSSR count). The maximum atomic E-state index is 12.7. The van der Waals surface area contributed by atoms with E-state index in [1.165, 1.54) is 16.4 Å². The van der Waals surface area contributed by atoms with E-state index in [0.717, 1.165) is 0 Å². The molecule has 3 nitrogen and oxygen atoms in total. The number of rotatable bonds is 5. The molecule has 0 aliphatic heterocycles. The van der Waals surface area contributed by atoms with Gasteiger partial charge in [0.1, 0.15) is 0 Å². The lowest BCUT2D eigenvalue weighted by molar-refractivity contribution is 0.593. The fourth-order valence-corrected chi connectivity index (χ4v) is 3.56. The molecule has 110 valence electrons. The number of nitrogens with zero attached hydrogens (tertiary/aromatic N) is 1. The minimum absolute atomic E-state index is 0.134. The monoisotopic (exact) mass is 341 g/mol. The highest BCUT2D eigenvalue weighted by Gasteiger charge is 2.24. The molecule has 0 aliphatic rings. The van der Waals surface area contributed by atoms with Crippen LogP contribution in [0.1, 0.15) is 0 Å². The van der Waals surface area contributed by atoms with Crippen molar-refractivity contribution < 1.29 is 8.42 Å². The van der Waals surface area contributed by atoms with Crippen LogP contribution >= 0.6 is 23.2 Å². The fraction of sp³-hybridized carbons (Fsp3) is 0.0667. The highest BCUT2D eigenvalue weighted by molar-refractivity contribution is 7.92.